The van der Waals surface area contributed by atoms with E-state index in [1.807, 2.05) is 6.07 Å². The molecule has 0 bridgehead atoms. The molecular formula is C15H14ClN5O3S3. The van der Waals surface area contributed by atoms with Crippen LogP contribution < -0.4 is 5.32 Å². The van der Waals surface area contributed by atoms with E-state index in [0.717, 1.165) is 11.0 Å². The van der Waals surface area contributed by atoms with Gasteiger partial charge in [-0.1, -0.05) is 46.5 Å². The summed E-state index contributed by atoms with van der Waals surface area (Å²) >= 11 is 9.64. The van der Waals surface area contributed by atoms with Crippen LogP contribution in [0.1, 0.15) is 6.92 Å². The molecule has 0 saturated heterocycles. The molecule has 0 aliphatic rings. The van der Waals surface area contributed by atoms with Crippen LogP contribution in [-0.4, -0.2) is 50.2 Å². The number of aromatic amines is 1. The predicted molar refractivity (Wildman–Crippen MR) is 108 cm³/mol. The van der Waals surface area contributed by atoms with Crippen LogP contribution in [0.15, 0.2) is 27.7 Å². The molecule has 12 heteroatoms. The minimum Gasteiger partial charge on any atom is -0.465 e. The second kappa shape index (κ2) is 9.40. The largest absolute Gasteiger partial charge is 0.465 e. The lowest BCUT2D eigenvalue weighted by atomic mass is 10.3. The number of fused-ring (bicyclic) bond motifs is 1. The fourth-order valence-electron chi connectivity index (χ4n) is 1.96. The maximum absolute atomic E-state index is 12.1. The summed E-state index contributed by atoms with van der Waals surface area (Å²) in [5.74, 6) is -0.218. The van der Waals surface area contributed by atoms with Gasteiger partial charge >= 0.3 is 5.97 Å². The van der Waals surface area contributed by atoms with E-state index in [2.05, 4.69) is 25.5 Å². The highest BCUT2D eigenvalue weighted by Crippen LogP contribution is 2.26. The summed E-state index contributed by atoms with van der Waals surface area (Å²) < 4.78 is 5.43. The van der Waals surface area contributed by atoms with Gasteiger partial charge in [0.2, 0.25) is 11.0 Å². The maximum Gasteiger partial charge on any atom is 0.316 e. The van der Waals surface area contributed by atoms with Gasteiger partial charge in [0.05, 0.1) is 29.1 Å². The maximum atomic E-state index is 12.1. The summed E-state index contributed by atoms with van der Waals surface area (Å²) in [5.41, 5.74) is 1.60. The number of aromatic nitrogens is 4. The average Bonchev–Trinajstić information content (AvgIpc) is 3.24. The van der Waals surface area contributed by atoms with Gasteiger partial charge < -0.3 is 9.72 Å². The lowest BCUT2D eigenvalue weighted by molar-refractivity contribution is -0.139. The molecular weight excluding hydrogens is 430 g/mol. The highest BCUT2D eigenvalue weighted by molar-refractivity contribution is 8.01. The molecule has 142 valence electrons. The Bertz CT molecular complexity index is 961. The van der Waals surface area contributed by atoms with Gasteiger partial charge in [-0.25, -0.2) is 4.98 Å². The topological polar surface area (TPSA) is 110 Å². The Morgan fingerprint density at radius 3 is 2.96 bits per heavy atom. The van der Waals surface area contributed by atoms with Crippen molar-refractivity contribution < 1.29 is 14.3 Å². The number of nitrogens with one attached hydrogen (secondary N) is 2. The summed E-state index contributed by atoms with van der Waals surface area (Å²) in [5, 5.41) is 12.1. The van der Waals surface area contributed by atoms with E-state index in [1.54, 1.807) is 19.1 Å². The van der Waals surface area contributed by atoms with Crippen LogP contribution in [0.4, 0.5) is 5.13 Å². The first kappa shape index (κ1) is 19.9. The van der Waals surface area contributed by atoms with Crippen molar-refractivity contribution in [2.75, 3.05) is 23.4 Å². The van der Waals surface area contributed by atoms with Crippen molar-refractivity contribution in [1.82, 2.24) is 20.2 Å². The van der Waals surface area contributed by atoms with Crippen LogP contribution >= 0.6 is 46.5 Å². The highest BCUT2D eigenvalue weighted by atomic mass is 35.5. The van der Waals surface area contributed by atoms with Gasteiger partial charge in [-0.05, 0) is 25.1 Å². The third kappa shape index (κ3) is 5.83. The van der Waals surface area contributed by atoms with Crippen molar-refractivity contribution in [2.45, 2.75) is 16.4 Å². The molecule has 3 rings (SSSR count). The van der Waals surface area contributed by atoms with Crippen LogP contribution in [0.3, 0.4) is 0 Å². The number of carbonyl (C=O) groups excluding carboxylic acids is 2. The molecule has 0 atom stereocenters. The number of imidazole rings is 1. The minimum absolute atomic E-state index is 0.155. The summed E-state index contributed by atoms with van der Waals surface area (Å²) in [7, 11) is 0. The summed E-state index contributed by atoms with van der Waals surface area (Å²) in [6, 6.07) is 5.36. The number of anilines is 1. The average molecular weight is 444 g/mol. The zero-order chi connectivity index (χ0) is 19.2. The summed E-state index contributed by atoms with van der Waals surface area (Å²) in [6.07, 6.45) is 0. The van der Waals surface area contributed by atoms with Gasteiger partial charge in [0.1, 0.15) is 0 Å². The number of hydrogen-bond donors (Lipinski definition) is 2. The second-order valence-electron chi connectivity index (χ2n) is 5.01. The number of thioether (sulfide) groups is 2. The first-order chi connectivity index (χ1) is 13.0. The summed E-state index contributed by atoms with van der Waals surface area (Å²) in [4.78, 5) is 30.9. The number of nitrogens with zero attached hydrogens (tertiary/aromatic N) is 3. The second-order valence-corrected chi connectivity index (χ2v) is 8.61. The molecule has 3 aromatic rings. The Balaban J connectivity index is 1.48. The van der Waals surface area contributed by atoms with Crippen molar-refractivity contribution in [3.63, 3.8) is 0 Å². The van der Waals surface area contributed by atoms with E-state index in [4.69, 9.17) is 16.3 Å². The van der Waals surface area contributed by atoms with Gasteiger partial charge in [0.15, 0.2) is 9.50 Å². The smallest absolute Gasteiger partial charge is 0.316 e. The van der Waals surface area contributed by atoms with E-state index in [0.29, 0.717) is 26.3 Å². The number of amides is 1. The lowest BCUT2D eigenvalue weighted by Gasteiger charge is -1.99. The molecule has 2 N–H and O–H groups in total. The highest BCUT2D eigenvalue weighted by Gasteiger charge is 2.12. The number of hydrogen-bond acceptors (Lipinski definition) is 9. The number of ether oxygens (including phenoxy) is 1. The van der Waals surface area contributed by atoms with Crippen molar-refractivity contribution in [3.05, 3.63) is 23.2 Å². The lowest BCUT2D eigenvalue weighted by Crippen LogP contribution is -2.13. The number of H-pyrrole nitrogens is 1. The van der Waals surface area contributed by atoms with E-state index >= 15 is 0 Å². The molecule has 0 saturated carbocycles. The first-order valence-electron chi connectivity index (χ1n) is 7.73. The third-order valence-electron chi connectivity index (χ3n) is 3.03. The molecule has 0 radical (unpaired) electrons. The van der Waals surface area contributed by atoms with E-state index < -0.39 is 0 Å². The third-order valence-corrected chi connectivity index (χ3v) is 6.09. The molecule has 0 unspecified atom stereocenters. The Labute approximate surface area is 171 Å². The number of esters is 1. The molecule has 2 aromatic heterocycles. The number of halogens is 1. The van der Waals surface area contributed by atoms with Crippen LogP contribution in [-0.2, 0) is 14.3 Å². The Hall–Kier alpha value is -1.82. The molecule has 0 spiro atoms. The fraction of sp³-hybridized carbons (Fsp3) is 0.267. The fourth-order valence-corrected chi connectivity index (χ4v) is 4.38. The van der Waals surface area contributed by atoms with Crippen molar-refractivity contribution in [2.24, 2.45) is 0 Å². The molecule has 0 aliphatic heterocycles. The predicted octanol–water partition coefficient (Wildman–Crippen LogP) is 3.45. The van der Waals surface area contributed by atoms with Crippen molar-refractivity contribution in [1.29, 1.82) is 0 Å². The van der Waals surface area contributed by atoms with E-state index in [9.17, 15) is 9.59 Å². The van der Waals surface area contributed by atoms with Crippen molar-refractivity contribution >= 4 is 74.5 Å². The Morgan fingerprint density at radius 1 is 1.30 bits per heavy atom. The Kier molecular flexibility index (Phi) is 6.94. The van der Waals surface area contributed by atoms with Crippen LogP contribution in [0, 0.1) is 0 Å². The summed E-state index contributed by atoms with van der Waals surface area (Å²) in [6.45, 7) is 2.09. The molecule has 1 aromatic carbocycles. The SMILES string of the molecule is CCOC(=O)CSc1nnc(NC(=O)CSc2nc3ccc(Cl)cc3[nH]2)s1. The standard InChI is InChI=1S/C15H14ClN5O3S3/c1-2-24-12(23)7-26-15-21-20-14(27-15)19-11(22)6-25-13-17-9-4-3-8(16)5-10(9)18-13/h3-5H,2,6-7H2,1H3,(H,17,18)(H,19,20,22). The molecule has 27 heavy (non-hydrogen) atoms. The minimum atomic E-state index is -0.313. The van der Waals surface area contributed by atoms with Gasteiger partial charge in [-0.15, -0.1) is 10.2 Å². The molecule has 2 heterocycles. The van der Waals surface area contributed by atoms with E-state index in [-0.39, 0.29) is 23.4 Å². The number of carbonyl (C=O) groups is 2. The quantitative estimate of drug-likeness (QED) is 0.309. The normalized spacial score (nSPS) is 10.9. The van der Waals surface area contributed by atoms with Gasteiger partial charge in [-0.3, -0.25) is 14.9 Å². The first-order valence-corrected chi connectivity index (χ1v) is 10.9. The van der Waals surface area contributed by atoms with Gasteiger partial charge in [-0.2, -0.15) is 0 Å². The molecule has 1 amide bonds. The Morgan fingerprint density at radius 2 is 2.15 bits per heavy atom. The zero-order valence-corrected chi connectivity index (χ0v) is 17.2. The number of rotatable bonds is 8. The molecule has 0 fully saturated rings. The van der Waals surface area contributed by atoms with Crippen LogP contribution in [0.25, 0.3) is 11.0 Å². The van der Waals surface area contributed by atoms with Crippen LogP contribution in [0.5, 0.6) is 0 Å². The monoisotopic (exact) mass is 443 g/mol. The van der Waals surface area contributed by atoms with E-state index in [1.165, 1.54) is 34.9 Å². The van der Waals surface area contributed by atoms with Crippen molar-refractivity contribution in [3.8, 4) is 0 Å². The van der Waals surface area contributed by atoms with Gasteiger partial charge in [0, 0.05) is 5.02 Å². The van der Waals surface area contributed by atoms with Gasteiger partial charge in [0.25, 0.3) is 0 Å². The van der Waals surface area contributed by atoms with Crippen LogP contribution in [0.2, 0.25) is 5.02 Å². The zero-order valence-electron chi connectivity index (χ0n) is 14.0. The molecule has 8 nitrogen and oxygen atoms in total. The number of benzene rings is 1. The molecule has 0 aliphatic carbocycles.